The van der Waals surface area contributed by atoms with Gasteiger partial charge in [0.15, 0.2) is 0 Å². The molecule has 3 N–H and O–H groups in total. The Balaban J connectivity index is 3.08. The van der Waals surface area contributed by atoms with Gasteiger partial charge in [-0.2, -0.15) is 0 Å². The zero-order valence-electron chi connectivity index (χ0n) is 8.50. The lowest BCUT2D eigenvalue weighted by Gasteiger charge is -2.11. The lowest BCUT2D eigenvalue weighted by molar-refractivity contribution is -0.115. The molecule has 0 aromatic heterocycles. The number of hydrogen-bond donors (Lipinski definition) is 3. The van der Waals surface area contributed by atoms with Gasteiger partial charge in [-0.05, 0) is 12.1 Å². The lowest BCUT2D eigenvalue weighted by Crippen LogP contribution is -2.12. The van der Waals surface area contributed by atoms with Crippen LogP contribution in [-0.4, -0.2) is 16.9 Å². The molecule has 15 heavy (non-hydrogen) atoms. The highest BCUT2D eigenvalue weighted by atomic mass is 16.3. The molecular formula is C10H12N2O3. The Kier molecular flexibility index (Phi) is 3.28. The molecule has 0 heterocycles. The van der Waals surface area contributed by atoms with Crippen LogP contribution in [-0.2, 0) is 9.59 Å². The maximum atomic E-state index is 10.9. The van der Waals surface area contributed by atoms with Crippen LogP contribution in [0.15, 0.2) is 18.2 Å². The predicted molar refractivity (Wildman–Crippen MR) is 56.7 cm³/mol. The van der Waals surface area contributed by atoms with Gasteiger partial charge in [-0.3, -0.25) is 9.59 Å². The molecule has 5 heteroatoms. The number of carbonyl (C=O) groups excluding carboxylic acids is 2. The first kappa shape index (κ1) is 11.0. The summed E-state index contributed by atoms with van der Waals surface area (Å²) in [5, 5.41) is 14.4. The fourth-order valence-corrected chi connectivity index (χ4v) is 1.14. The van der Waals surface area contributed by atoms with Crippen LogP contribution in [0.25, 0.3) is 0 Å². The summed E-state index contributed by atoms with van der Waals surface area (Å²) in [6.07, 6.45) is 0. The van der Waals surface area contributed by atoms with Crippen molar-refractivity contribution in [3.05, 3.63) is 18.2 Å². The summed E-state index contributed by atoms with van der Waals surface area (Å²) in [5.41, 5.74) is 0.581. The number of phenolic OH excluding ortho intramolecular Hbond substituents is 1. The molecule has 1 aromatic rings. The number of nitrogens with one attached hydrogen (secondary N) is 2. The van der Waals surface area contributed by atoms with Gasteiger partial charge in [0.05, 0.1) is 5.69 Å². The van der Waals surface area contributed by atoms with Crippen molar-refractivity contribution in [3.8, 4) is 5.75 Å². The minimum Gasteiger partial charge on any atom is -0.506 e. The van der Waals surface area contributed by atoms with Gasteiger partial charge in [-0.1, -0.05) is 6.07 Å². The van der Waals surface area contributed by atoms with Crippen molar-refractivity contribution in [3.63, 3.8) is 0 Å². The van der Waals surface area contributed by atoms with E-state index in [0.29, 0.717) is 5.69 Å². The first-order valence-corrected chi connectivity index (χ1v) is 4.38. The number of anilines is 2. The molecule has 0 aliphatic rings. The van der Waals surface area contributed by atoms with Crippen LogP contribution in [0.2, 0.25) is 0 Å². The van der Waals surface area contributed by atoms with E-state index in [4.69, 9.17) is 0 Å². The van der Waals surface area contributed by atoms with Crippen molar-refractivity contribution in [2.24, 2.45) is 0 Å². The molecular weight excluding hydrogens is 196 g/mol. The van der Waals surface area contributed by atoms with Crippen LogP contribution < -0.4 is 10.6 Å². The SMILES string of the molecule is CC(=O)Nc1cccc(O)c1NC(C)=O. The first-order chi connectivity index (χ1) is 7.00. The molecule has 0 saturated carbocycles. The number of amides is 2. The molecule has 0 fully saturated rings. The van der Waals surface area contributed by atoms with Gasteiger partial charge < -0.3 is 15.7 Å². The van der Waals surface area contributed by atoms with Crippen LogP contribution in [0.4, 0.5) is 11.4 Å². The fraction of sp³-hybridized carbons (Fsp3) is 0.200. The molecule has 0 saturated heterocycles. The smallest absolute Gasteiger partial charge is 0.221 e. The van der Waals surface area contributed by atoms with E-state index in [1.165, 1.54) is 19.9 Å². The second kappa shape index (κ2) is 4.45. The highest BCUT2D eigenvalue weighted by molar-refractivity contribution is 5.99. The quantitative estimate of drug-likeness (QED) is 0.641. The minimum absolute atomic E-state index is 0.0866. The zero-order valence-corrected chi connectivity index (χ0v) is 8.50. The lowest BCUT2D eigenvalue weighted by atomic mass is 10.2. The van der Waals surface area contributed by atoms with E-state index in [9.17, 15) is 14.7 Å². The van der Waals surface area contributed by atoms with E-state index >= 15 is 0 Å². The normalized spacial score (nSPS) is 9.47. The Bertz CT molecular complexity index is 402. The number of rotatable bonds is 2. The van der Waals surface area contributed by atoms with Gasteiger partial charge in [0.25, 0.3) is 0 Å². The van der Waals surface area contributed by atoms with Gasteiger partial charge in [0, 0.05) is 13.8 Å². The highest BCUT2D eigenvalue weighted by Gasteiger charge is 2.09. The Morgan fingerprint density at radius 3 is 2.27 bits per heavy atom. The highest BCUT2D eigenvalue weighted by Crippen LogP contribution is 2.31. The van der Waals surface area contributed by atoms with E-state index in [-0.39, 0.29) is 23.3 Å². The molecule has 1 aromatic carbocycles. The molecule has 0 atom stereocenters. The molecule has 0 aliphatic carbocycles. The number of aromatic hydroxyl groups is 1. The summed E-state index contributed by atoms with van der Waals surface area (Å²) in [5.74, 6) is -0.674. The molecule has 0 bridgehead atoms. The Hall–Kier alpha value is -2.04. The van der Waals surface area contributed by atoms with Crippen molar-refractivity contribution in [1.29, 1.82) is 0 Å². The maximum Gasteiger partial charge on any atom is 0.221 e. The largest absolute Gasteiger partial charge is 0.506 e. The van der Waals surface area contributed by atoms with Crippen LogP contribution in [0.1, 0.15) is 13.8 Å². The number of benzene rings is 1. The van der Waals surface area contributed by atoms with Crippen LogP contribution in [0, 0.1) is 0 Å². The Morgan fingerprint density at radius 1 is 1.13 bits per heavy atom. The Labute approximate surface area is 87.1 Å². The van der Waals surface area contributed by atoms with Gasteiger partial charge >= 0.3 is 0 Å². The third kappa shape index (κ3) is 2.98. The van der Waals surface area contributed by atoms with E-state index in [1.54, 1.807) is 12.1 Å². The standard InChI is InChI=1S/C10H12N2O3/c1-6(13)11-8-4-3-5-9(15)10(8)12-7(2)14/h3-5,15H,1-2H3,(H,11,13)(H,12,14). The van der Waals surface area contributed by atoms with Crippen molar-refractivity contribution >= 4 is 23.2 Å². The van der Waals surface area contributed by atoms with Crippen molar-refractivity contribution in [2.75, 3.05) is 10.6 Å². The van der Waals surface area contributed by atoms with Crippen molar-refractivity contribution in [2.45, 2.75) is 13.8 Å². The van der Waals surface area contributed by atoms with E-state index in [2.05, 4.69) is 10.6 Å². The molecule has 80 valence electrons. The van der Waals surface area contributed by atoms with Crippen molar-refractivity contribution in [1.82, 2.24) is 0 Å². The van der Waals surface area contributed by atoms with E-state index in [0.717, 1.165) is 0 Å². The van der Waals surface area contributed by atoms with Gasteiger partial charge in [0.2, 0.25) is 11.8 Å². The van der Waals surface area contributed by atoms with Crippen LogP contribution >= 0.6 is 0 Å². The summed E-state index contributed by atoms with van der Waals surface area (Å²) in [7, 11) is 0. The summed E-state index contributed by atoms with van der Waals surface area (Å²) >= 11 is 0. The summed E-state index contributed by atoms with van der Waals surface area (Å²) in [6, 6.07) is 4.59. The number of phenols is 1. The van der Waals surface area contributed by atoms with Gasteiger partial charge in [-0.15, -0.1) is 0 Å². The van der Waals surface area contributed by atoms with Crippen molar-refractivity contribution < 1.29 is 14.7 Å². The number of hydrogen-bond acceptors (Lipinski definition) is 3. The zero-order chi connectivity index (χ0) is 11.4. The average Bonchev–Trinajstić information content (AvgIpc) is 2.09. The third-order valence-corrected chi connectivity index (χ3v) is 1.65. The summed E-state index contributed by atoms with van der Waals surface area (Å²) in [6.45, 7) is 2.67. The molecule has 0 aliphatic heterocycles. The number of para-hydroxylation sites is 1. The second-order valence-corrected chi connectivity index (χ2v) is 3.06. The minimum atomic E-state index is -0.317. The fourth-order valence-electron chi connectivity index (χ4n) is 1.14. The topological polar surface area (TPSA) is 78.4 Å². The van der Waals surface area contributed by atoms with E-state index in [1.807, 2.05) is 0 Å². The average molecular weight is 208 g/mol. The molecule has 0 radical (unpaired) electrons. The number of carbonyl (C=O) groups is 2. The maximum absolute atomic E-state index is 10.9. The predicted octanol–water partition coefficient (Wildman–Crippen LogP) is 1.31. The summed E-state index contributed by atoms with van der Waals surface area (Å²) < 4.78 is 0. The first-order valence-electron chi connectivity index (χ1n) is 4.38. The molecule has 0 unspecified atom stereocenters. The molecule has 2 amide bonds. The van der Waals surface area contributed by atoms with E-state index < -0.39 is 0 Å². The van der Waals surface area contributed by atoms with Gasteiger partial charge in [-0.25, -0.2) is 0 Å². The third-order valence-electron chi connectivity index (χ3n) is 1.65. The van der Waals surface area contributed by atoms with Gasteiger partial charge in [0.1, 0.15) is 11.4 Å². The monoisotopic (exact) mass is 208 g/mol. The molecule has 1 rings (SSSR count). The second-order valence-electron chi connectivity index (χ2n) is 3.06. The Morgan fingerprint density at radius 2 is 1.73 bits per heavy atom. The van der Waals surface area contributed by atoms with Crippen LogP contribution in [0.3, 0.4) is 0 Å². The summed E-state index contributed by atoms with van der Waals surface area (Å²) in [4.78, 5) is 21.7. The molecule has 0 spiro atoms. The molecule has 5 nitrogen and oxygen atoms in total. The van der Waals surface area contributed by atoms with Crippen LogP contribution in [0.5, 0.6) is 5.75 Å².